The van der Waals surface area contributed by atoms with Crippen molar-refractivity contribution in [2.24, 2.45) is 5.92 Å². The third-order valence-corrected chi connectivity index (χ3v) is 2.97. The molecule has 17 heavy (non-hydrogen) atoms. The van der Waals surface area contributed by atoms with Gasteiger partial charge in [0.05, 0.1) is 0 Å². The van der Waals surface area contributed by atoms with Gasteiger partial charge in [0.1, 0.15) is 0 Å². The number of carbonyl (C=O) groups excluding carboxylic acids is 1. The summed E-state index contributed by atoms with van der Waals surface area (Å²) in [6, 6.07) is 8.06. The zero-order chi connectivity index (χ0) is 12.8. The van der Waals surface area contributed by atoms with Gasteiger partial charge in [-0.3, -0.25) is 4.79 Å². The number of hydrogen-bond donors (Lipinski definition) is 2. The van der Waals surface area contributed by atoms with E-state index in [4.69, 9.17) is 0 Å². The zero-order valence-corrected chi connectivity index (χ0v) is 11.1. The van der Waals surface area contributed by atoms with Gasteiger partial charge in [-0.1, -0.05) is 20.8 Å². The second kappa shape index (κ2) is 6.28. The number of amides is 1. The first-order valence-electron chi connectivity index (χ1n) is 6.17. The Bertz CT molecular complexity index is 357. The van der Waals surface area contributed by atoms with E-state index in [-0.39, 0.29) is 5.91 Å². The van der Waals surface area contributed by atoms with Crippen LogP contribution in [0.5, 0.6) is 0 Å². The third kappa shape index (κ3) is 3.77. The number of rotatable bonds is 5. The van der Waals surface area contributed by atoms with Crippen LogP contribution in [-0.4, -0.2) is 19.0 Å². The first-order valence-corrected chi connectivity index (χ1v) is 6.17. The summed E-state index contributed by atoms with van der Waals surface area (Å²) < 4.78 is 0. The molecule has 1 amide bonds. The van der Waals surface area contributed by atoms with Gasteiger partial charge >= 0.3 is 0 Å². The van der Waals surface area contributed by atoms with Crippen LogP contribution in [0.4, 0.5) is 5.69 Å². The molecular formula is C14H22N2O. The molecule has 0 aliphatic rings. The third-order valence-electron chi connectivity index (χ3n) is 2.97. The van der Waals surface area contributed by atoms with Crippen molar-refractivity contribution in [2.75, 3.05) is 12.4 Å². The highest BCUT2D eigenvalue weighted by Crippen LogP contribution is 2.15. The minimum absolute atomic E-state index is 0.0487. The smallest absolute Gasteiger partial charge is 0.251 e. The van der Waals surface area contributed by atoms with Crippen LogP contribution in [0.1, 0.15) is 37.6 Å². The molecule has 94 valence electrons. The molecule has 1 atom stereocenters. The fraction of sp³-hybridized carbons (Fsp3) is 0.500. The van der Waals surface area contributed by atoms with Gasteiger partial charge in [-0.2, -0.15) is 0 Å². The fourth-order valence-electron chi connectivity index (χ4n) is 1.82. The molecule has 0 heterocycles. The van der Waals surface area contributed by atoms with Gasteiger partial charge in [0.25, 0.3) is 5.91 Å². The quantitative estimate of drug-likeness (QED) is 0.822. The Morgan fingerprint density at radius 2 is 1.82 bits per heavy atom. The molecule has 0 aliphatic heterocycles. The predicted octanol–water partition coefficient (Wildman–Crippen LogP) is 2.89. The number of anilines is 1. The highest BCUT2D eigenvalue weighted by Gasteiger charge is 2.10. The van der Waals surface area contributed by atoms with Gasteiger partial charge in [-0.05, 0) is 36.6 Å². The number of hydrogen-bond acceptors (Lipinski definition) is 2. The summed E-state index contributed by atoms with van der Waals surface area (Å²) in [7, 11) is 1.64. The molecule has 0 aromatic heterocycles. The van der Waals surface area contributed by atoms with E-state index in [1.807, 2.05) is 24.3 Å². The Morgan fingerprint density at radius 3 is 2.24 bits per heavy atom. The van der Waals surface area contributed by atoms with Crippen molar-refractivity contribution in [3.8, 4) is 0 Å². The summed E-state index contributed by atoms with van der Waals surface area (Å²) in [6.45, 7) is 6.59. The SMILES string of the molecule is CCC(Nc1ccc(C(=O)NC)cc1)C(C)C. The van der Waals surface area contributed by atoms with Gasteiger partial charge in [0.15, 0.2) is 0 Å². The first kappa shape index (κ1) is 13.6. The van der Waals surface area contributed by atoms with E-state index in [9.17, 15) is 4.79 Å². The second-order valence-corrected chi connectivity index (χ2v) is 4.56. The Hall–Kier alpha value is -1.51. The van der Waals surface area contributed by atoms with Gasteiger partial charge in [-0.25, -0.2) is 0 Å². The molecule has 3 nitrogen and oxygen atoms in total. The molecule has 1 aromatic rings. The van der Waals surface area contributed by atoms with E-state index < -0.39 is 0 Å². The van der Waals surface area contributed by atoms with Crippen LogP contribution in [-0.2, 0) is 0 Å². The van der Waals surface area contributed by atoms with Gasteiger partial charge in [0.2, 0.25) is 0 Å². The molecule has 1 aromatic carbocycles. The molecule has 2 N–H and O–H groups in total. The van der Waals surface area contributed by atoms with Crippen LogP contribution in [0, 0.1) is 5.92 Å². The maximum absolute atomic E-state index is 11.4. The minimum atomic E-state index is -0.0487. The summed E-state index contributed by atoms with van der Waals surface area (Å²) >= 11 is 0. The van der Waals surface area contributed by atoms with E-state index in [1.54, 1.807) is 7.05 Å². The monoisotopic (exact) mass is 234 g/mol. The number of benzene rings is 1. The molecule has 0 fully saturated rings. The highest BCUT2D eigenvalue weighted by atomic mass is 16.1. The van der Waals surface area contributed by atoms with E-state index in [2.05, 4.69) is 31.4 Å². The molecule has 0 saturated carbocycles. The molecule has 0 aliphatic carbocycles. The lowest BCUT2D eigenvalue weighted by molar-refractivity contribution is 0.0963. The topological polar surface area (TPSA) is 41.1 Å². The predicted molar refractivity (Wildman–Crippen MR) is 72.4 cm³/mol. The lowest BCUT2D eigenvalue weighted by Crippen LogP contribution is -2.24. The number of carbonyl (C=O) groups is 1. The zero-order valence-electron chi connectivity index (χ0n) is 11.1. The largest absolute Gasteiger partial charge is 0.382 e. The van der Waals surface area contributed by atoms with Crippen molar-refractivity contribution in [3.63, 3.8) is 0 Å². The van der Waals surface area contributed by atoms with Crippen molar-refractivity contribution in [1.82, 2.24) is 5.32 Å². The molecule has 0 spiro atoms. The van der Waals surface area contributed by atoms with Crippen LogP contribution in [0.3, 0.4) is 0 Å². The molecule has 0 saturated heterocycles. The average molecular weight is 234 g/mol. The van der Waals surface area contributed by atoms with E-state index >= 15 is 0 Å². The van der Waals surface area contributed by atoms with Gasteiger partial charge in [0, 0.05) is 24.3 Å². The van der Waals surface area contributed by atoms with Gasteiger partial charge < -0.3 is 10.6 Å². The summed E-state index contributed by atoms with van der Waals surface area (Å²) in [5.74, 6) is 0.547. The van der Waals surface area contributed by atoms with E-state index in [0.29, 0.717) is 17.5 Å². The van der Waals surface area contributed by atoms with Crippen molar-refractivity contribution < 1.29 is 4.79 Å². The Morgan fingerprint density at radius 1 is 1.24 bits per heavy atom. The minimum Gasteiger partial charge on any atom is -0.382 e. The molecule has 1 rings (SSSR count). The van der Waals surface area contributed by atoms with Crippen LogP contribution in [0.15, 0.2) is 24.3 Å². The van der Waals surface area contributed by atoms with Crippen molar-refractivity contribution in [3.05, 3.63) is 29.8 Å². The van der Waals surface area contributed by atoms with Crippen LogP contribution < -0.4 is 10.6 Å². The standard InChI is InChI=1S/C14H22N2O/c1-5-13(10(2)3)16-12-8-6-11(7-9-12)14(17)15-4/h6-10,13,16H,5H2,1-4H3,(H,15,17). The van der Waals surface area contributed by atoms with E-state index in [0.717, 1.165) is 12.1 Å². The maximum Gasteiger partial charge on any atom is 0.251 e. The summed E-state index contributed by atoms with van der Waals surface area (Å²) in [5.41, 5.74) is 1.76. The van der Waals surface area contributed by atoms with E-state index in [1.165, 1.54) is 0 Å². The maximum atomic E-state index is 11.4. The Balaban J connectivity index is 2.71. The van der Waals surface area contributed by atoms with Crippen LogP contribution in [0.25, 0.3) is 0 Å². The molecule has 3 heteroatoms. The Labute approximate surface area is 104 Å². The average Bonchev–Trinajstić information content (AvgIpc) is 2.35. The molecular weight excluding hydrogens is 212 g/mol. The lowest BCUT2D eigenvalue weighted by Gasteiger charge is -2.22. The number of nitrogens with one attached hydrogen (secondary N) is 2. The molecule has 1 unspecified atom stereocenters. The van der Waals surface area contributed by atoms with Crippen molar-refractivity contribution >= 4 is 11.6 Å². The summed E-state index contributed by atoms with van der Waals surface area (Å²) in [4.78, 5) is 11.4. The Kier molecular flexibility index (Phi) is 5.01. The van der Waals surface area contributed by atoms with Crippen molar-refractivity contribution in [2.45, 2.75) is 33.2 Å². The second-order valence-electron chi connectivity index (χ2n) is 4.56. The normalized spacial score (nSPS) is 12.3. The highest BCUT2D eigenvalue weighted by molar-refractivity contribution is 5.94. The summed E-state index contributed by atoms with van der Waals surface area (Å²) in [5, 5.41) is 6.09. The first-order chi connectivity index (χ1) is 8.08. The van der Waals surface area contributed by atoms with Crippen LogP contribution in [0.2, 0.25) is 0 Å². The fourth-order valence-corrected chi connectivity index (χ4v) is 1.82. The van der Waals surface area contributed by atoms with Crippen molar-refractivity contribution in [1.29, 1.82) is 0 Å². The molecule has 0 radical (unpaired) electrons. The lowest BCUT2D eigenvalue weighted by atomic mass is 10.0. The van der Waals surface area contributed by atoms with Gasteiger partial charge in [-0.15, -0.1) is 0 Å². The molecule has 0 bridgehead atoms. The van der Waals surface area contributed by atoms with Crippen LogP contribution >= 0.6 is 0 Å². The summed E-state index contributed by atoms with van der Waals surface area (Å²) in [6.07, 6.45) is 1.09.